The molecule has 0 aromatic carbocycles. The highest BCUT2D eigenvalue weighted by molar-refractivity contribution is 5.46. The Labute approximate surface area is 107 Å². The molecule has 2 heteroatoms. The van der Waals surface area contributed by atoms with Crippen LogP contribution in [0.3, 0.4) is 0 Å². The zero-order valence-electron chi connectivity index (χ0n) is 9.95. The van der Waals surface area contributed by atoms with E-state index in [-0.39, 0.29) is 11.5 Å². The van der Waals surface area contributed by atoms with Gasteiger partial charge in [0.1, 0.15) is 0 Å². The topological polar surface area (TPSA) is 46.1 Å². The minimum Gasteiger partial charge on any atom is -0.917 e. The maximum Gasteiger partial charge on any atom is -0.0757 e. The van der Waals surface area contributed by atoms with Gasteiger partial charge in [0.2, 0.25) is 0 Å². The summed E-state index contributed by atoms with van der Waals surface area (Å²) < 4.78 is 0. The van der Waals surface area contributed by atoms with E-state index in [2.05, 4.69) is 12.2 Å². The van der Waals surface area contributed by atoms with Gasteiger partial charge in [-0.1, -0.05) is 25.7 Å². The quantitative estimate of drug-likeness (QED) is 0.597. The third kappa shape index (κ3) is 2.06. The van der Waals surface area contributed by atoms with Gasteiger partial charge in [-0.3, -0.25) is 0 Å². The maximum atomic E-state index is 11.9. The molecule has 3 aliphatic carbocycles. The lowest BCUT2D eigenvalue weighted by Gasteiger charge is -2.24. The average Bonchev–Trinajstić information content (AvgIpc) is 3.01. The van der Waals surface area contributed by atoms with Crippen molar-refractivity contribution in [1.29, 1.82) is 0 Å². The van der Waals surface area contributed by atoms with Gasteiger partial charge in [0.25, 0.3) is 0 Å². The predicted octanol–water partition coefficient (Wildman–Crippen LogP) is 1.39. The van der Waals surface area contributed by atoms with E-state index in [0.717, 1.165) is 11.1 Å². The van der Waals surface area contributed by atoms with Crippen molar-refractivity contribution in [2.75, 3.05) is 0 Å². The van der Waals surface area contributed by atoms with Crippen LogP contribution in [0.4, 0.5) is 0 Å². The van der Waals surface area contributed by atoms with Crippen LogP contribution in [0, 0.1) is 12.2 Å². The molecule has 0 saturated heterocycles. The smallest absolute Gasteiger partial charge is 0.0757 e. The fourth-order valence-corrected chi connectivity index (χ4v) is 2.27. The summed E-state index contributed by atoms with van der Waals surface area (Å²) in [5.74, 6) is 0.242. The van der Waals surface area contributed by atoms with Crippen molar-refractivity contribution < 1.29 is 10.2 Å². The summed E-state index contributed by atoms with van der Waals surface area (Å²) in [6, 6.07) is 0. The van der Waals surface area contributed by atoms with E-state index < -0.39 is 0 Å². The Bertz CT molecular complexity index is 514. The fourth-order valence-electron chi connectivity index (χ4n) is 2.27. The lowest BCUT2D eigenvalue weighted by molar-refractivity contribution is -0.308. The zero-order valence-corrected chi connectivity index (χ0v) is 9.95. The van der Waals surface area contributed by atoms with Crippen molar-refractivity contribution in [3.05, 3.63) is 70.3 Å². The highest BCUT2D eigenvalue weighted by atomic mass is 16.3. The summed E-state index contributed by atoms with van der Waals surface area (Å²) in [4.78, 5) is 0. The van der Waals surface area contributed by atoms with Crippen LogP contribution in [0.25, 0.3) is 0 Å². The van der Waals surface area contributed by atoms with Crippen LogP contribution >= 0.6 is 0 Å². The summed E-state index contributed by atoms with van der Waals surface area (Å²) in [7, 11) is 0. The van der Waals surface area contributed by atoms with Gasteiger partial charge in [-0.05, 0) is 0 Å². The summed E-state index contributed by atoms with van der Waals surface area (Å²) in [5.41, 5.74) is 3.32. The normalized spacial score (nSPS) is 22.9. The monoisotopic (exact) mass is 236 g/mol. The van der Waals surface area contributed by atoms with Crippen molar-refractivity contribution in [2.45, 2.75) is 25.7 Å². The molecule has 18 heavy (non-hydrogen) atoms. The van der Waals surface area contributed by atoms with Crippen molar-refractivity contribution in [3.8, 4) is 0 Å². The van der Waals surface area contributed by atoms with Gasteiger partial charge in [0, 0.05) is 0 Å². The second-order valence-corrected chi connectivity index (χ2v) is 4.69. The molecular formula is C16H12O2-4. The third-order valence-electron chi connectivity index (χ3n) is 3.37. The highest BCUT2D eigenvalue weighted by Gasteiger charge is 1.98. The van der Waals surface area contributed by atoms with Gasteiger partial charge >= 0.3 is 0 Å². The van der Waals surface area contributed by atoms with Crippen molar-refractivity contribution in [3.63, 3.8) is 0 Å². The number of hydrogen-bond donors (Lipinski definition) is 0. The molecule has 0 aromatic rings. The van der Waals surface area contributed by atoms with Crippen LogP contribution in [0.5, 0.6) is 0 Å². The fraction of sp³-hybridized carbons (Fsp3) is 0.250. The number of allylic oxidation sites excluding steroid dienone is 12. The average molecular weight is 236 g/mol. The van der Waals surface area contributed by atoms with Gasteiger partial charge in [-0.25, -0.2) is 11.5 Å². The van der Waals surface area contributed by atoms with E-state index in [1.165, 1.54) is 0 Å². The minimum atomic E-state index is 0.121. The highest BCUT2D eigenvalue weighted by Crippen LogP contribution is 2.27. The van der Waals surface area contributed by atoms with Crippen molar-refractivity contribution >= 4 is 0 Å². The second-order valence-electron chi connectivity index (χ2n) is 4.69. The first kappa shape index (κ1) is 11.1. The molecule has 0 saturated carbocycles. The molecule has 0 unspecified atom stereocenters. The molecular weight excluding hydrogens is 224 g/mol. The van der Waals surface area contributed by atoms with Crippen molar-refractivity contribution in [2.24, 2.45) is 0 Å². The molecule has 0 amide bonds. The van der Waals surface area contributed by atoms with E-state index in [1.54, 1.807) is 0 Å². The number of rotatable bonds is 0. The summed E-state index contributed by atoms with van der Waals surface area (Å²) in [5, 5.41) is 23.9. The number of hydrogen-bond acceptors (Lipinski definition) is 2. The first-order valence-electron chi connectivity index (χ1n) is 6.13. The van der Waals surface area contributed by atoms with E-state index in [0.29, 0.717) is 36.8 Å². The number of fused-ring (bicyclic) bond motifs is 2. The summed E-state index contributed by atoms with van der Waals surface area (Å²) in [6.07, 6.45) is 15.6. The van der Waals surface area contributed by atoms with Crippen LogP contribution < -0.4 is 10.2 Å². The minimum absolute atomic E-state index is 0.121. The Balaban J connectivity index is 1.95. The molecule has 0 fully saturated rings. The molecule has 4 bridgehead atoms. The van der Waals surface area contributed by atoms with Gasteiger partial charge in [-0.15, -0.1) is 12.2 Å². The molecule has 0 heterocycles. The standard InChI is InChI=1S/C16H14O2/c17-15-8-4-12-2-6-14(10-12)16(18)7-3-11-1-5-13(15)9-11/h1-2,9-10,17-18H,3-4,7-8H2/q-2/p-2. The largest absolute Gasteiger partial charge is 0.917 e. The van der Waals surface area contributed by atoms with E-state index in [9.17, 15) is 10.2 Å². The maximum absolute atomic E-state index is 11.9. The molecule has 2 nitrogen and oxygen atoms in total. The first-order valence-corrected chi connectivity index (χ1v) is 6.13. The molecule has 0 spiro atoms. The second kappa shape index (κ2) is 4.37. The molecule has 0 N–H and O–H groups in total. The predicted molar refractivity (Wildman–Crippen MR) is 64.3 cm³/mol. The van der Waals surface area contributed by atoms with E-state index in [4.69, 9.17) is 0 Å². The molecule has 0 atom stereocenters. The molecule has 0 aliphatic heterocycles. The molecule has 0 aromatic heterocycles. The van der Waals surface area contributed by atoms with Gasteiger partial charge in [-0.2, -0.15) is 46.6 Å². The Morgan fingerprint density at radius 1 is 0.722 bits per heavy atom. The van der Waals surface area contributed by atoms with E-state index in [1.807, 2.05) is 24.3 Å². The van der Waals surface area contributed by atoms with Crippen LogP contribution in [0.2, 0.25) is 0 Å². The van der Waals surface area contributed by atoms with Crippen LogP contribution in [-0.4, -0.2) is 0 Å². The Morgan fingerprint density at radius 2 is 1.17 bits per heavy atom. The van der Waals surface area contributed by atoms with Crippen LogP contribution in [0.15, 0.2) is 58.1 Å². The van der Waals surface area contributed by atoms with Gasteiger partial charge < -0.3 is 10.2 Å². The molecule has 3 rings (SSSR count). The summed E-state index contributed by atoms with van der Waals surface area (Å²) >= 11 is 0. The molecule has 3 aliphatic rings. The molecule has 92 valence electrons. The first-order chi connectivity index (χ1) is 8.72. The Hall–Kier alpha value is -1.96. The SMILES string of the molecule is [O-]C1=C2[C-]=CC(=C2)CCC([O-])=C2[C-]=CC(=C2)CC1. The third-order valence-corrected chi connectivity index (χ3v) is 3.37. The Kier molecular flexibility index (Phi) is 2.71. The van der Waals surface area contributed by atoms with Crippen LogP contribution in [-0.2, 0) is 0 Å². The summed E-state index contributed by atoms with van der Waals surface area (Å²) in [6.45, 7) is 0. The molecule has 0 radical (unpaired) electrons. The van der Waals surface area contributed by atoms with E-state index >= 15 is 0 Å². The Morgan fingerprint density at radius 3 is 1.61 bits per heavy atom. The van der Waals surface area contributed by atoms with Crippen LogP contribution in [0.1, 0.15) is 25.7 Å². The van der Waals surface area contributed by atoms with Crippen molar-refractivity contribution in [1.82, 2.24) is 0 Å². The van der Waals surface area contributed by atoms with Gasteiger partial charge in [0.05, 0.1) is 0 Å². The lowest BCUT2D eigenvalue weighted by Crippen LogP contribution is -2.07. The zero-order chi connectivity index (χ0) is 12.5. The lowest BCUT2D eigenvalue weighted by atomic mass is 10.0. The van der Waals surface area contributed by atoms with Gasteiger partial charge in [0.15, 0.2) is 0 Å².